The lowest BCUT2D eigenvalue weighted by atomic mass is 10.3. The van der Waals surface area contributed by atoms with Gasteiger partial charge in [-0.15, -0.1) is 34.2 Å². The van der Waals surface area contributed by atoms with Crippen molar-refractivity contribution in [3.8, 4) is 0 Å². The Hall–Kier alpha value is -1.59. The van der Waals surface area contributed by atoms with Gasteiger partial charge >= 0.3 is 0 Å². The van der Waals surface area contributed by atoms with E-state index in [1.165, 1.54) is 36.4 Å². The van der Waals surface area contributed by atoms with Crippen LogP contribution >= 0.6 is 88.4 Å². The van der Waals surface area contributed by atoms with Crippen LogP contribution in [0.1, 0.15) is 0 Å². The van der Waals surface area contributed by atoms with E-state index in [1.807, 2.05) is 18.8 Å². The topological polar surface area (TPSA) is 3.24 Å². The Labute approximate surface area is 367 Å². The molecule has 0 heterocycles. The molecule has 298 valence electrons. The van der Waals surface area contributed by atoms with Gasteiger partial charge < -0.3 is 0 Å². The van der Waals surface area contributed by atoms with E-state index < -0.39 is 38.1 Å². The summed E-state index contributed by atoms with van der Waals surface area (Å²) in [7, 11) is 1.02. The number of benzene rings is 6. The molecule has 6 aromatic carbocycles. The molecule has 0 atom stereocenters. The van der Waals surface area contributed by atoms with E-state index in [9.17, 15) is 26.3 Å². The molecule has 6 aromatic rings. The van der Waals surface area contributed by atoms with Crippen LogP contribution in [0.15, 0.2) is 146 Å². The predicted octanol–water partition coefficient (Wildman–Crippen LogP) is 12.9. The summed E-state index contributed by atoms with van der Waals surface area (Å²) in [5.41, 5.74) is -1.63. The minimum atomic E-state index is -1.49. The van der Waals surface area contributed by atoms with E-state index in [4.69, 9.17) is 11.2 Å². The molecule has 0 aliphatic heterocycles. The summed E-state index contributed by atoms with van der Waals surface area (Å²) in [4.78, 5) is 0. The summed E-state index contributed by atoms with van der Waals surface area (Å²) in [6.07, 6.45) is 0. The fourth-order valence-corrected chi connectivity index (χ4v) is 12.2. The molecule has 0 N–H and O–H groups in total. The van der Waals surface area contributed by atoms with E-state index in [-0.39, 0.29) is 35.7 Å². The van der Waals surface area contributed by atoms with Crippen molar-refractivity contribution in [3.63, 3.8) is 0 Å². The highest BCUT2D eigenvalue weighted by atomic mass is 127. The molecular weight excluding hydrogens is 1070 g/mol. The zero-order chi connectivity index (χ0) is 40.7. The lowest BCUT2D eigenvalue weighted by Crippen LogP contribution is -2.26. The number of rotatable bonds is 7. The van der Waals surface area contributed by atoms with E-state index in [2.05, 4.69) is 63.5 Å². The van der Waals surface area contributed by atoms with Crippen LogP contribution in [-0.2, 0) is 0 Å². The van der Waals surface area contributed by atoms with Gasteiger partial charge in [-0.25, -0.2) is 26.3 Å². The zero-order valence-corrected chi connectivity index (χ0v) is 40.5. The first-order chi connectivity index (χ1) is 26.0. The van der Waals surface area contributed by atoms with Crippen molar-refractivity contribution in [3.05, 3.63) is 180 Å². The lowest BCUT2D eigenvalue weighted by molar-refractivity contribution is 0.626. The monoisotopic (exact) mass is 1100 g/mol. The summed E-state index contributed by atoms with van der Waals surface area (Å²) in [5, 5.41) is 2.94. The highest BCUT2D eigenvalue weighted by molar-refractivity contribution is 14.2. The molecule has 0 spiro atoms. The fourth-order valence-electron chi connectivity index (χ4n) is 4.51. The van der Waals surface area contributed by atoms with Crippen molar-refractivity contribution in [2.75, 3.05) is 14.1 Å². The summed E-state index contributed by atoms with van der Waals surface area (Å²) in [5.74, 6) is -1.92. The second-order valence-corrected chi connectivity index (χ2v) is 35.7. The van der Waals surface area contributed by atoms with Crippen molar-refractivity contribution >= 4 is 126 Å². The molecular formula is C41H40Cl2F6I2NP3Si. The summed E-state index contributed by atoms with van der Waals surface area (Å²) in [6, 6.07) is 38.5. The van der Waals surface area contributed by atoms with Gasteiger partial charge in [0.1, 0.15) is 40.5 Å². The molecule has 0 unspecified atom stereocenters. The van der Waals surface area contributed by atoms with Gasteiger partial charge in [-0.05, 0) is 84.7 Å². The SMILES string of the molecule is CN(C)P(c1ccccc1F)c1ccccc1F.C[Si](C)(C)I.Cl.Fc1ccccc1P(Cl)c1ccccc1F.Fc1ccccc1P(I)c1ccccc1F. The standard InChI is InChI=1S/C14H14F2NP.C12H8ClF2P.C12H8F2IP.C3H9ISi.ClH/c1-17(2)18(13-9-5-3-7-11(13)15)14-10-6-4-8-12(14)16;13-16(11-7-3-1-5-9(11)14)12-8-4-2-6-10(12)15;13-9-5-1-3-7-11(9)16(15)12-8-4-2-6-10(12)14;1-5(2,3)4;/h3-10H,1-2H3;2*1-8H;1-3H3;1H. The maximum Gasteiger partial charge on any atom is 0.132 e. The normalized spacial score (nSPS) is 10.8. The van der Waals surface area contributed by atoms with Gasteiger partial charge in [-0.2, -0.15) is 0 Å². The quantitative estimate of drug-likeness (QED) is 0.0506. The van der Waals surface area contributed by atoms with Gasteiger partial charge in [0.25, 0.3) is 0 Å². The number of halogens is 10. The van der Waals surface area contributed by atoms with Crippen LogP contribution in [0.4, 0.5) is 26.3 Å². The number of hydrogen-bond donors (Lipinski definition) is 0. The Morgan fingerprint density at radius 3 is 0.857 bits per heavy atom. The van der Waals surface area contributed by atoms with Crippen LogP contribution in [0.3, 0.4) is 0 Å². The van der Waals surface area contributed by atoms with Crippen molar-refractivity contribution in [1.82, 2.24) is 4.67 Å². The van der Waals surface area contributed by atoms with Crippen molar-refractivity contribution in [1.29, 1.82) is 0 Å². The van der Waals surface area contributed by atoms with Crippen LogP contribution in [-0.4, -0.2) is 24.3 Å². The molecule has 15 heteroatoms. The Kier molecular flexibility index (Phi) is 22.7. The second-order valence-electron chi connectivity index (χ2n) is 12.5. The molecule has 0 radical (unpaired) electrons. The molecule has 0 fully saturated rings. The highest BCUT2D eigenvalue weighted by Gasteiger charge is 2.23. The molecule has 0 aliphatic rings. The fraction of sp³-hybridized carbons (Fsp3) is 0.122. The molecule has 56 heavy (non-hydrogen) atoms. The molecule has 6 rings (SSSR count). The van der Waals surface area contributed by atoms with Crippen LogP contribution < -0.4 is 31.8 Å². The van der Waals surface area contributed by atoms with Crippen molar-refractivity contribution in [2.45, 2.75) is 19.6 Å². The zero-order valence-electron chi connectivity index (χ0n) is 31.0. The average molecular weight is 1110 g/mol. The first-order valence-electron chi connectivity index (χ1n) is 16.6. The Morgan fingerprint density at radius 2 is 0.643 bits per heavy atom. The summed E-state index contributed by atoms with van der Waals surface area (Å²) < 4.78 is 83.7. The minimum absolute atomic E-state index is 0. The molecule has 1 nitrogen and oxygen atoms in total. The van der Waals surface area contributed by atoms with Gasteiger partial charge in [0, 0.05) is 45.5 Å². The smallest absolute Gasteiger partial charge is 0.132 e. The first kappa shape index (κ1) is 50.5. The third kappa shape index (κ3) is 16.2. The third-order valence-corrected chi connectivity index (χ3v) is 16.6. The van der Waals surface area contributed by atoms with Crippen LogP contribution in [0.2, 0.25) is 19.6 Å². The van der Waals surface area contributed by atoms with Crippen molar-refractivity contribution in [2.24, 2.45) is 0 Å². The van der Waals surface area contributed by atoms with Gasteiger partial charge in [0.05, 0.1) is 7.27 Å². The van der Waals surface area contributed by atoms with Crippen LogP contribution in [0.25, 0.3) is 0 Å². The molecule has 0 aliphatic carbocycles. The highest BCUT2D eigenvalue weighted by Crippen LogP contribution is 2.44. The second kappa shape index (κ2) is 25.1. The predicted molar refractivity (Wildman–Crippen MR) is 255 cm³/mol. The van der Waals surface area contributed by atoms with E-state index >= 15 is 0 Å². The molecule has 0 aromatic heterocycles. The molecule has 0 saturated carbocycles. The average Bonchev–Trinajstić information content (AvgIpc) is 3.13. The number of nitrogens with zero attached hydrogens (tertiary/aromatic N) is 1. The largest absolute Gasteiger partial charge is 0.281 e. The van der Waals surface area contributed by atoms with Crippen LogP contribution in [0.5, 0.6) is 0 Å². The van der Waals surface area contributed by atoms with Gasteiger partial charge in [0.2, 0.25) is 0 Å². The van der Waals surface area contributed by atoms with E-state index in [0.717, 1.165) is 0 Å². The van der Waals surface area contributed by atoms with Gasteiger partial charge in [0.15, 0.2) is 0 Å². The lowest BCUT2D eigenvalue weighted by Gasteiger charge is -2.25. The van der Waals surface area contributed by atoms with Gasteiger partial charge in [-0.3, -0.25) is 4.67 Å². The molecule has 0 bridgehead atoms. The van der Waals surface area contributed by atoms with Crippen molar-refractivity contribution < 1.29 is 26.3 Å². The van der Waals surface area contributed by atoms with Gasteiger partial charge in [-0.1, -0.05) is 128 Å². The van der Waals surface area contributed by atoms with E-state index in [0.29, 0.717) is 31.8 Å². The first-order valence-corrected chi connectivity index (χ1v) is 30.8. The van der Waals surface area contributed by atoms with E-state index in [1.54, 1.807) is 109 Å². The maximum atomic E-state index is 13.9. The van der Waals surface area contributed by atoms with Crippen LogP contribution in [0, 0.1) is 34.9 Å². The Bertz CT molecular complexity index is 1880. The molecule has 0 saturated heterocycles. The minimum Gasteiger partial charge on any atom is -0.281 e. The molecule has 0 amide bonds. The Balaban J connectivity index is 0.000000271. The maximum absolute atomic E-state index is 13.9. The Morgan fingerprint density at radius 1 is 0.446 bits per heavy atom. The summed E-state index contributed by atoms with van der Waals surface area (Å²) >= 11 is 10.8. The summed E-state index contributed by atoms with van der Waals surface area (Å²) in [6.45, 7) is 6.94. The number of hydrogen-bond acceptors (Lipinski definition) is 1. The third-order valence-electron chi connectivity index (χ3n) is 6.82.